The third-order valence-electron chi connectivity index (χ3n) is 4.29. The van der Waals surface area contributed by atoms with Crippen LogP contribution in [-0.2, 0) is 7.05 Å². The number of rotatable bonds is 3. The number of hydrogen-bond acceptors (Lipinski definition) is 3. The lowest BCUT2D eigenvalue weighted by Gasteiger charge is -2.18. The number of carbonyl (C=O) groups excluding carboxylic acids is 1. The molecule has 24 heavy (non-hydrogen) atoms. The highest BCUT2D eigenvalue weighted by molar-refractivity contribution is 6.30. The van der Waals surface area contributed by atoms with Gasteiger partial charge in [-0.15, -0.1) is 0 Å². The number of amides is 1. The molecule has 0 bridgehead atoms. The van der Waals surface area contributed by atoms with Crippen LogP contribution in [0.25, 0.3) is 0 Å². The quantitative estimate of drug-likeness (QED) is 0.917. The molecule has 0 radical (unpaired) electrons. The Labute approximate surface area is 147 Å². The fourth-order valence-corrected chi connectivity index (χ4v) is 3.22. The third kappa shape index (κ3) is 3.41. The predicted molar refractivity (Wildman–Crippen MR) is 93.7 cm³/mol. The van der Waals surface area contributed by atoms with Gasteiger partial charge in [0, 0.05) is 23.3 Å². The number of ether oxygens (including phenoxy) is 1. The van der Waals surface area contributed by atoms with Gasteiger partial charge in [0.2, 0.25) is 0 Å². The molecule has 0 saturated carbocycles. The average molecular weight is 348 g/mol. The first-order valence-electron chi connectivity index (χ1n) is 8.22. The van der Waals surface area contributed by atoms with E-state index in [0.29, 0.717) is 23.2 Å². The Kier molecular flexibility index (Phi) is 4.81. The maximum absolute atomic E-state index is 12.6. The molecular formula is C18H22ClN3O2. The van der Waals surface area contributed by atoms with Gasteiger partial charge in [0.1, 0.15) is 11.4 Å². The molecule has 0 spiro atoms. The summed E-state index contributed by atoms with van der Waals surface area (Å²) >= 11 is 6.05. The van der Waals surface area contributed by atoms with Crippen LogP contribution in [0, 0.1) is 0 Å². The van der Waals surface area contributed by atoms with E-state index in [9.17, 15) is 4.79 Å². The Bertz CT molecular complexity index is 755. The number of carbonyl (C=O) groups is 1. The molecule has 0 fully saturated rings. The highest BCUT2D eigenvalue weighted by Gasteiger charge is 2.24. The number of fused-ring (bicyclic) bond motifs is 1. The molecule has 6 heteroatoms. The zero-order chi connectivity index (χ0) is 17.3. The highest BCUT2D eigenvalue weighted by Crippen LogP contribution is 2.33. The van der Waals surface area contributed by atoms with Crippen molar-refractivity contribution in [3.63, 3.8) is 0 Å². The summed E-state index contributed by atoms with van der Waals surface area (Å²) in [7, 11) is 1.86. The molecule has 1 amide bonds. The van der Waals surface area contributed by atoms with Crippen LogP contribution >= 0.6 is 11.6 Å². The molecule has 1 aliphatic heterocycles. The Morgan fingerprint density at radius 2 is 2.21 bits per heavy atom. The standard InChI is InChI=1S/C18H22ClN3O2/c1-11(2)16-10-15(21-22(16)3)18(23)20-14-5-4-8-24-17-9-12(19)6-7-13(14)17/h6-7,9-11,14H,4-5,8H2,1-3H3,(H,20,23)/t14-/m1/s1. The van der Waals surface area contributed by atoms with Crippen molar-refractivity contribution in [2.24, 2.45) is 7.05 Å². The molecule has 2 heterocycles. The van der Waals surface area contributed by atoms with Crippen LogP contribution in [0.1, 0.15) is 60.4 Å². The summed E-state index contributed by atoms with van der Waals surface area (Å²) < 4.78 is 7.51. The molecule has 1 atom stereocenters. The van der Waals surface area contributed by atoms with E-state index in [1.165, 1.54) is 0 Å². The van der Waals surface area contributed by atoms with Crippen LogP contribution in [0.15, 0.2) is 24.3 Å². The second-order valence-electron chi connectivity index (χ2n) is 6.43. The molecular weight excluding hydrogens is 326 g/mol. The Morgan fingerprint density at radius 1 is 1.42 bits per heavy atom. The lowest BCUT2D eigenvalue weighted by molar-refractivity contribution is 0.0929. The zero-order valence-electron chi connectivity index (χ0n) is 14.2. The van der Waals surface area contributed by atoms with Gasteiger partial charge in [-0.2, -0.15) is 5.10 Å². The van der Waals surface area contributed by atoms with Gasteiger partial charge in [0.25, 0.3) is 5.91 Å². The number of aryl methyl sites for hydroxylation is 1. The second kappa shape index (κ2) is 6.85. The van der Waals surface area contributed by atoms with Gasteiger partial charge in [-0.25, -0.2) is 0 Å². The lowest BCUT2D eigenvalue weighted by Crippen LogP contribution is -2.28. The molecule has 5 nitrogen and oxygen atoms in total. The summed E-state index contributed by atoms with van der Waals surface area (Å²) in [6, 6.07) is 7.31. The van der Waals surface area contributed by atoms with Gasteiger partial charge in [-0.05, 0) is 37.0 Å². The topological polar surface area (TPSA) is 56.1 Å². The van der Waals surface area contributed by atoms with Crippen LogP contribution in [0.2, 0.25) is 5.02 Å². The number of hydrogen-bond donors (Lipinski definition) is 1. The number of benzene rings is 1. The van der Waals surface area contributed by atoms with E-state index in [0.717, 1.165) is 29.8 Å². The number of nitrogens with one attached hydrogen (secondary N) is 1. The summed E-state index contributed by atoms with van der Waals surface area (Å²) in [6.45, 7) is 4.80. The summed E-state index contributed by atoms with van der Waals surface area (Å²) in [5, 5.41) is 8.07. The van der Waals surface area contributed by atoms with Crippen LogP contribution in [-0.4, -0.2) is 22.3 Å². The molecule has 0 unspecified atom stereocenters. The first-order chi connectivity index (χ1) is 11.5. The van der Waals surface area contributed by atoms with Crippen LogP contribution in [0.3, 0.4) is 0 Å². The highest BCUT2D eigenvalue weighted by atomic mass is 35.5. The Morgan fingerprint density at radius 3 is 2.92 bits per heavy atom. The molecule has 1 N–H and O–H groups in total. The number of nitrogens with zero attached hydrogens (tertiary/aromatic N) is 2. The molecule has 1 aromatic carbocycles. The average Bonchev–Trinajstić information content (AvgIpc) is 2.82. The number of aromatic nitrogens is 2. The summed E-state index contributed by atoms with van der Waals surface area (Å²) in [6.07, 6.45) is 1.70. The molecule has 3 rings (SSSR count). The molecule has 1 aromatic heterocycles. The van der Waals surface area contributed by atoms with Gasteiger partial charge >= 0.3 is 0 Å². The van der Waals surface area contributed by atoms with E-state index in [1.54, 1.807) is 10.7 Å². The largest absolute Gasteiger partial charge is 0.493 e. The predicted octanol–water partition coefficient (Wildman–Crippen LogP) is 3.84. The van der Waals surface area contributed by atoms with E-state index in [1.807, 2.05) is 25.2 Å². The van der Waals surface area contributed by atoms with Crippen molar-refractivity contribution in [1.82, 2.24) is 15.1 Å². The van der Waals surface area contributed by atoms with E-state index in [2.05, 4.69) is 24.3 Å². The normalized spacial score (nSPS) is 17.1. The minimum Gasteiger partial charge on any atom is -0.493 e. The van der Waals surface area contributed by atoms with Crippen molar-refractivity contribution in [3.05, 3.63) is 46.2 Å². The van der Waals surface area contributed by atoms with Gasteiger partial charge in [0.05, 0.1) is 12.6 Å². The third-order valence-corrected chi connectivity index (χ3v) is 4.53. The van der Waals surface area contributed by atoms with Crippen molar-refractivity contribution in [1.29, 1.82) is 0 Å². The van der Waals surface area contributed by atoms with Crippen molar-refractivity contribution >= 4 is 17.5 Å². The number of halogens is 1. The molecule has 128 valence electrons. The summed E-state index contributed by atoms with van der Waals surface area (Å²) in [5.41, 5.74) is 2.45. The SMILES string of the molecule is CC(C)c1cc(C(=O)N[C@@H]2CCCOc3cc(Cl)ccc32)nn1C. The van der Waals surface area contributed by atoms with Gasteiger partial charge in [-0.1, -0.05) is 31.5 Å². The summed E-state index contributed by atoms with van der Waals surface area (Å²) in [4.78, 5) is 12.6. The van der Waals surface area contributed by atoms with Crippen molar-refractivity contribution in [2.75, 3.05) is 6.61 Å². The fourth-order valence-electron chi connectivity index (χ4n) is 3.06. The van der Waals surface area contributed by atoms with E-state index >= 15 is 0 Å². The van der Waals surface area contributed by atoms with Crippen LogP contribution in [0.4, 0.5) is 0 Å². The Hall–Kier alpha value is -2.01. The Balaban J connectivity index is 1.83. The fraction of sp³-hybridized carbons (Fsp3) is 0.444. The first-order valence-corrected chi connectivity index (χ1v) is 8.60. The monoisotopic (exact) mass is 347 g/mol. The van der Waals surface area contributed by atoms with Crippen LogP contribution in [0.5, 0.6) is 5.75 Å². The maximum atomic E-state index is 12.6. The van der Waals surface area contributed by atoms with E-state index < -0.39 is 0 Å². The van der Waals surface area contributed by atoms with Crippen molar-refractivity contribution in [3.8, 4) is 5.75 Å². The van der Waals surface area contributed by atoms with Crippen LogP contribution < -0.4 is 10.1 Å². The lowest BCUT2D eigenvalue weighted by atomic mass is 10.0. The second-order valence-corrected chi connectivity index (χ2v) is 6.87. The molecule has 1 aliphatic rings. The first kappa shape index (κ1) is 16.8. The van der Waals surface area contributed by atoms with Crippen molar-refractivity contribution < 1.29 is 9.53 Å². The minimum atomic E-state index is -0.162. The van der Waals surface area contributed by atoms with Gasteiger partial charge in [-0.3, -0.25) is 9.48 Å². The smallest absolute Gasteiger partial charge is 0.272 e. The molecule has 0 saturated heterocycles. The van der Waals surface area contributed by atoms with Crippen molar-refractivity contribution in [2.45, 2.75) is 38.6 Å². The van der Waals surface area contributed by atoms with Gasteiger partial charge in [0.15, 0.2) is 0 Å². The van der Waals surface area contributed by atoms with Gasteiger partial charge < -0.3 is 10.1 Å². The van der Waals surface area contributed by atoms with E-state index in [4.69, 9.17) is 16.3 Å². The summed E-state index contributed by atoms with van der Waals surface area (Å²) in [5.74, 6) is 0.901. The molecule has 0 aliphatic carbocycles. The van der Waals surface area contributed by atoms with E-state index in [-0.39, 0.29) is 11.9 Å². The zero-order valence-corrected chi connectivity index (χ0v) is 14.9. The maximum Gasteiger partial charge on any atom is 0.272 e. The molecule has 2 aromatic rings. The minimum absolute atomic E-state index is 0.100.